The third-order valence-corrected chi connectivity index (χ3v) is 4.05. The molecule has 0 bridgehead atoms. The maximum absolute atomic E-state index is 3.45. The van der Waals surface area contributed by atoms with E-state index in [1.165, 1.54) is 51.9 Å². The summed E-state index contributed by atoms with van der Waals surface area (Å²) in [6, 6.07) is 1.69. The van der Waals surface area contributed by atoms with Crippen LogP contribution in [0.2, 0.25) is 0 Å². The average molecular weight is 211 g/mol. The third-order valence-electron chi connectivity index (χ3n) is 4.05. The zero-order valence-corrected chi connectivity index (χ0v) is 10.2. The van der Waals surface area contributed by atoms with Gasteiger partial charge in [-0.1, -0.05) is 0 Å². The molecule has 0 unspecified atom stereocenters. The van der Waals surface area contributed by atoms with Gasteiger partial charge >= 0.3 is 0 Å². The first kappa shape index (κ1) is 11.4. The number of rotatable bonds is 2. The first-order chi connectivity index (χ1) is 7.27. The molecule has 2 heterocycles. The van der Waals surface area contributed by atoms with Gasteiger partial charge in [-0.3, -0.25) is 0 Å². The normalized spacial score (nSPS) is 27.4. The number of nitrogens with zero attached hydrogens (tertiary/aromatic N) is 2. The van der Waals surface area contributed by atoms with Gasteiger partial charge < -0.3 is 15.1 Å². The second-order valence-electron chi connectivity index (χ2n) is 5.21. The molecule has 0 aromatic rings. The molecule has 15 heavy (non-hydrogen) atoms. The summed E-state index contributed by atoms with van der Waals surface area (Å²) in [7, 11) is 4.43. The molecule has 88 valence electrons. The molecule has 2 aliphatic rings. The summed E-state index contributed by atoms with van der Waals surface area (Å²) < 4.78 is 0. The van der Waals surface area contributed by atoms with Crippen LogP contribution in [-0.2, 0) is 0 Å². The van der Waals surface area contributed by atoms with E-state index < -0.39 is 0 Å². The van der Waals surface area contributed by atoms with Gasteiger partial charge in [0.15, 0.2) is 0 Å². The van der Waals surface area contributed by atoms with Crippen molar-refractivity contribution in [3.63, 3.8) is 0 Å². The minimum absolute atomic E-state index is 0.822. The first-order valence-corrected chi connectivity index (χ1v) is 6.38. The summed E-state index contributed by atoms with van der Waals surface area (Å²) in [6.45, 7) is 5.07. The lowest BCUT2D eigenvalue weighted by atomic mass is 9.98. The highest BCUT2D eigenvalue weighted by molar-refractivity contribution is 4.83. The molecule has 0 amide bonds. The van der Waals surface area contributed by atoms with Crippen molar-refractivity contribution in [1.29, 1.82) is 0 Å². The lowest BCUT2D eigenvalue weighted by Gasteiger charge is -2.41. The lowest BCUT2D eigenvalue weighted by Crippen LogP contribution is -2.49. The van der Waals surface area contributed by atoms with Crippen LogP contribution in [0.15, 0.2) is 0 Å². The van der Waals surface area contributed by atoms with Crippen molar-refractivity contribution in [2.75, 3.05) is 40.3 Å². The predicted molar refractivity (Wildman–Crippen MR) is 64.2 cm³/mol. The Hall–Kier alpha value is -0.120. The minimum atomic E-state index is 0.822. The van der Waals surface area contributed by atoms with Crippen LogP contribution in [0, 0.1) is 0 Å². The van der Waals surface area contributed by atoms with Crippen molar-refractivity contribution < 1.29 is 0 Å². The van der Waals surface area contributed by atoms with Crippen LogP contribution in [0.4, 0.5) is 0 Å². The Balaban J connectivity index is 1.77. The van der Waals surface area contributed by atoms with Gasteiger partial charge in [0.1, 0.15) is 0 Å². The molecule has 0 aliphatic carbocycles. The minimum Gasteiger partial charge on any atom is -0.317 e. The highest BCUT2D eigenvalue weighted by Crippen LogP contribution is 2.20. The molecule has 0 saturated carbocycles. The first-order valence-electron chi connectivity index (χ1n) is 6.38. The van der Waals surface area contributed by atoms with Gasteiger partial charge in [-0.25, -0.2) is 0 Å². The quantitative estimate of drug-likeness (QED) is 0.728. The van der Waals surface area contributed by atoms with E-state index in [0.717, 1.165) is 12.1 Å². The van der Waals surface area contributed by atoms with Crippen LogP contribution in [0.25, 0.3) is 0 Å². The van der Waals surface area contributed by atoms with E-state index in [1.807, 2.05) is 0 Å². The Morgan fingerprint density at radius 2 is 1.60 bits per heavy atom. The molecule has 0 atom stereocenters. The molecular weight excluding hydrogens is 186 g/mol. The number of hydrogen-bond acceptors (Lipinski definition) is 3. The van der Waals surface area contributed by atoms with E-state index in [0.29, 0.717) is 0 Å². The number of likely N-dealkylation sites (tertiary alicyclic amines) is 1. The molecule has 2 saturated heterocycles. The van der Waals surface area contributed by atoms with Crippen molar-refractivity contribution in [1.82, 2.24) is 15.1 Å². The van der Waals surface area contributed by atoms with Gasteiger partial charge in [0.25, 0.3) is 0 Å². The van der Waals surface area contributed by atoms with E-state index in [4.69, 9.17) is 0 Å². The molecule has 3 nitrogen and oxygen atoms in total. The van der Waals surface area contributed by atoms with Crippen LogP contribution >= 0.6 is 0 Å². The zero-order chi connectivity index (χ0) is 10.7. The Morgan fingerprint density at radius 1 is 1.00 bits per heavy atom. The van der Waals surface area contributed by atoms with E-state index in [-0.39, 0.29) is 0 Å². The Morgan fingerprint density at radius 3 is 2.13 bits per heavy atom. The SMILES string of the molecule is CN(C)C1CCN(C2CCNCC2)CC1. The summed E-state index contributed by atoms with van der Waals surface area (Å²) in [5.41, 5.74) is 0. The van der Waals surface area contributed by atoms with Gasteiger partial charge in [-0.2, -0.15) is 0 Å². The number of piperidine rings is 2. The third kappa shape index (κ3) is 2.92. The molecule has 1 N–H and O–H groups in total. The smallest absolute Gasteiger partial charge is 0.0119 e. The molecule has 2 aliphatic heterocycles. The molecule has 0 spiro atoms. The highest BCUT2D eigenvalue weighted by atomic mass is 15.2. The molecule has 0 radical (unpaired) electrons. The fraction of sp³-hybridized carbons (Fsp3) is 1.00. The van der Waals surface area contributed by atoms with Crippen LogP contribution in [0.3, 0.4) is 0 Å². The summed E-state index contributed by atoms with van der Waals surface area (Å²) in [4.78, 5) is 5.11. The maximum atomic E-state index is 3.45. The largest absolute Gasteiger partial charge is 0.317 e. The summed E-state index contributed by atoms with van der Waals surface area (Å²) in [5.74, 6) is 0. The summed E-state index contributed by atoms with van der Waals surface area (Å²) >= 11 is 0. The van der Waals surface area contributed by atoms with Gasteiger partial charge in [0.2, 0.25) is 0 Å². The van der Waals surface area contributed by atoms with Gasteiger partial charge in [0, 0.05) is 12.1 Å². The predicted octanol–water partition coefficient (Wildman–Crippen LogP) is 0.764. The van der Waals surface area contributed by atoms with E-state index in [1.54, 1.807) is 0 Å². The lowest BCUT2D eigenvalue weighted by molar-refractivity contribution is 0.0929. The number of hydrogen-bond donors (Lipinski definition) is 1. The fourth-order valence-electron chi connectivity index (χ4n) is 2.94. The Bertz CT molecular complexity index is 179. The van der Waals surface area contributed by atoms with Gasteiger partial charge in [-0.15, -0.1) is 0 Å². The van der Waals surface area contributed by atoms with Crippen LogP contribution < -0.4 is 5.32 Å². The fourth-order valence-corrected chi connectivity index (χ4v) is 2.94. The van der Waals surface area contributed by atoms with Crippen molar-refractivity contribution in [3.8, 4) is 0 Å². The van der Waals surface area contributed by atoms with Crippen molar-refractivity contribution in [3.05, 3.63) is 0 Å². The zero-order valence-electron chi connectivity index (χ0n) is 10.2. The Labute approximate surface area is 93.8 Å². The van der Waals surface area contributed by atoms with Gasteiger partial charge in [-0.05, 0) is 66.0 Å². The topological polar surface area (TPSA) is 18.5 Å². The van der Waals surface area contributed by atoms with Crippen LogP contribution in [0.5, 0.6) is 0 Å². The highest BCUT2D eigenvalue weighted by Gasteiger charge is 2.26. The number of nitrogens with one attached hydrogen (secondary N) is 1. The van der Waals surface area contributed by atoms with Gasteiger partial charge in [0.05, 0.1) is 0 Å². The maximum Gasteiger partial charge on any atom is 0.0119 e. The van der Waals surface area contributed by atoms with E-state index in [2.05, 4.69) is 29.2 Å². The monoisotopic (exact) mass is 211 g/mol. The molecule has 2 fully saturated rings. The van der Waals surface area contributed by atoms with Crippen LogP contribution in [-0.4, -0.2) is 62.2 Å². The van der Waals surface area contributed by atoms with Crippen molar-refractivity contribution >= 4 is 0 Å². The summed E-state index contributed by atoms with van der Waals surface area (Å²) in [6.07, 6.45) is 5.42. The average Bonchev–Trinajstić information content (AvgIpc) is 2.30. The second-order valence-corrected chi connectivity index (χ2v) is 5.21. The second kappa shape index (κ2) is 5.28. The molecule has 0 aromatic heterocycles. The molecule has 2 rings (SSSR count). The standard InChI is InChI=1S/C12H25N3/c1-14(2)11-5-9-15(10-6-11)12-3-7-13-8-4-12/h11-13H,3-10H2,1-2H3. The Kier molecular flexibility index (Phi) is 4.00. The molecule has 3 heteroatoms. The van der Waals surface area contributed by atoms with E-state index >= 15 is 0 Å². The van der Waals surface area contributed by atoms with Crippen molar-refractivity contribution in [2.24, 2.45) is 0 Å². The van der Waals surface area contributed by atoms with Crippen molar-refractivity contribution in [2.45, 2.75) is 37.8 Å². The molecular formula is C12H25N3. The van der Waals surface area contributed by atoms with Crippen LogP contribution in [0.1, 0.15) is 25.7 Å². The summed E-state index contributed by atoms with van der Waals surface area (Å²) in [5, 5.41) is 3.45. The molecule has 0 aromatic carbocycles. The van der Waals surface area contributed by atoms with E-state index in [9.17, 15) is 0 Å².